The number of hydrogen-bond donors (Lipinski definition) is 1. The van der Waals surface area contributed by atoms with E-state index in [2.05, 4.69) is 33.4 Å². The molecule has 0 saturated carbocycles. The van der Waals surface area contributed by atoms with Crippen LogP contribution in [0.15, 0.2) is 29.4 Å². The van der Waals surface area contributed by atoms with Gasteiger partial charge < -0.3 is 71.9 Å². The van der Waals surface area contributed by atoms with Crippen LogP contribution in [0, 0.1) is 0 Å². The van der Waals surface area contributed by atoms with Crippen LogP contribution in [-0.4, -0.2) is 185 Å². The summed E-state index contributed by atoms with van der Waals surface area (Å²) in [5.41, 5.74) is 16.4. The predicted octanol–water partition coefficient (Wildman–Crippen LogP) is 3.99. The van der Waals surface area contributed by atoms with Crippen molar-refractivity contribution in [2.75, 3.05) is 171 Å². The van der Waals surface area contributed by atoms with E-state index in [-0.39, 0.29) is 0 Å². The van der Waals surface area contributed by atoms with Crippen molar-refractivity contribution >= 4 is 27.8 Å². The van der Waals surface area contributed by atoms with Gasteiger partial charge in [0, 0.05) is 23.4 Å². The molecule has 0 saturated heterocycles. The molecular formula is C41H69N7O13. The third-order valence-corrected chi connectivity index (χ3v) is 8.50. The molecule has 2 aromatic heterocycles. The molecule has 0 amide bonds. The van der Waals surface area contributed by atoms with Crippen molar-refractivity contribution in [3.8, 4) is 0 Å². The second kappa shape index (κ2) is 34.2. The zero-order chi connectivity index (χ0) is 43.5. The van der Waals surface area contributed by atoms with Gasteiger partial charge in [0.2, 0.25) is 0 Å². The van der Waals surface area contributed by atoms with Crippen LogP contribution in [0.5, 0.6) is 0 Å². The summed E-state index contributed by atoms with van der Waals surface area (Å²) >= 11 is 0. The molecule has 2 N–H and O–H groups in total. The van der Waals surface area contributed by atoms with Gasteiger partial charge in [0.15, 0.2) is 5.82 Å². The Morgan fingerprint density at radius 3 is 1.43 bits per heavy atom. The lowest BCUT2D eigenvalue weighted by molar-refractivity contribution is -0.0621. The van der Waals surface area contributed by atoms with Gasteiger partial charge in [0.1, 0.15) is 17.9 Å². The number of para-hydroxylation sites is 1. The summed E-state index contributed by atoms with van der Waals surface area (Å²) in [6, 6.07) is 7.93. The molecule has 0 radical (unpaired) electrons. The Morgan fingerprint density at radius 2 is 1.00 bits per heavy atom. The summed E-state index contributed by atoms with van der Waals surface area (Å²) in [6.07, 6.45) is 0. The van der Waals surface area contributed by atoms with Crippen LogP contribution in [0.1, 0.15) is 26.6 Å². The normalized spacial score (nSPS) is 11.9. The fourth-order valence-corrected chi connectivity index (χ4v) is 5.63. The molecule has 3 aromatic rings. The van der Waals surface area contributed by atoms with Gasteiger partial charge in [0.25, 0.3) is 0 Å². The second-order valence-electron chi connectivity index (χ2n) is 13.8. The van der Waals surface area contributed by atoms with Crippen LogP contribution in [0.25, 0.3) is 32.4 Å². The van der Waals surface area contributed by atoms with E-state index in [9.17, 15) is 0 Å². The van der Waals surface area contributed by atoms with Crippen molar-refractivity contribution in [3.05, 3.63) is 40.5 Å². The number of rotatable bonds is 42. The highest BCUT2D eigenvalue weighted by Gasteiger charge is 2.25. The van der Waals surface area contributed by atoms with Gasteiger partial charge in [-0.05, 0) is 32.4 Å². The molecule has 3 rings (SSSR count). The van der Waals surface area contributed by atoms with Gasteiger partial charge in [-0.25, -0.2) is 9.97 Å². The van der Waals surface area contributed by atoms with Gasteiger partial charge in [-0.1, -0.05) is 23.3 Å². The van der Waals surface area contributed by atoms with Gasteiger partial charge in [-0.2, -0.15) is 0 Å². The largest absolute Gasteiger partial charge is 0.382 e. The van der Waals surface area contributed by atoms with Crippen LogP contribution in [0.3, 0.4) is 0 Å². The smallest absolute Gasteiger partial charge is 0.152 e. The van der Waals surface area contributed by atoms with Crippen molar-refractivity contribution in [2.45, 2.75) is 39.5 Å². The first-order valence-electron chi connectivity index (χ1n) is 21.1. The number of hydrogen-bond acceptors (Lipinski definition) is 17. The molecular weight excluding hydrogens is 798 g/mol. The van der Waals surface area contributed by atoms with Crippen LogP contribution in [-0.2, 0) is 74.7 Å². The number of pyridine rings is 1. The Kier molecular flexibility index (Phi) is 29.2. The number of fused-ring (bicyclic) bond motifs is 3. The van der Waals surface area contributed by atoms with E-state index in [0.29, 0.717) is 190 Å². The van der Waals surface area contributed by atoms with Crippen LogP contribution >= 0.6 is 0 Å². The molecule has 0 unspecified atom stereocenters. The molecule has 20 nitrogen and oxygen atoms in total. The van der Waals surface area contributed by atoms with E-state index in [1.807, 2.05) is 31.2 Å². The van der Waals surface area contributed by atoms with E-state index < -0.39 is 5.60 Å². The zero-order valence-corrected chi connectivity index (χ0v) is 36.5. The number of nitrogen functional groups attached to an aromatic ring is 1. The number of ether oxygens (including phenoxy) is 13. The zero-order valence-electron chi connectivity index (χ0n) is 36.5. The topological polar surface area (TPSA) is 225 Å². The first kappa shape index (κ1) is 52.0. The summed E-state index contributed by atoms with van der Waals surface area (Å²) < 4.78 is 74.6. The number of imidazole rings is 1. The second-order valence-corrected chi connectivity index (χ2v) is 13.8. The molecule has 0 bridgehead atoms. The van der Waals surface area contributed by atoms with E-state index in [1.54, 1.807) is 0 Å². The molecule has 346 valence electrons. The lowest BCUT2D eigenvalue weighted by Crippen LogP contribution is -2.32. The van der Waals surface area contributed by atoms with Crippen LogP contribution < -0.4 is 5.73 Å². The summed E-state index contributed by atoms with van der Waals surface area (Å²) in [5, 5.41) is 4.36. The highest BCUT2D eigenvalue weighted by Crippen LogP contribution is 2.30. The Hall–Kier alpha value is -3.31. The van der Waals surface area contributed by atoms with Crippen molar-refractivity contribution in [1.29, 1.82) is 0 Å². The maximum Gasteiger partial charge on any atom is 0.152 e. The van der Waals surface area contributed by atoms with Gasteiger partial charge in [-0.3, -0.25) is 0 Å². The number of nitrogens with two attached hydrogens (primary N) is 1. The average Bonchev–Trinajstić information content (AvgIpc) is 3.61. The van der Waals surface area contributed by atoms with Crippen molar-refractivity contribution in [1.82, 2.24) is 14.5 Å². The maximum atomic E-state index is 8.16. The quantitative estimate of drug-likeness (QED) is 0.0368. The minimum atomic E-state index is -0.516. The fourth-order valence-electron chi connectivity index (χ4n) is 5.63. The third-order valence-electron chi connectivity index (χ3n) is 8.50. The molecule has 0 aliphatic rings. The van der Waals surface area contributed by atoms with E-state index in [1.165, 1.54) is 0 Å². The predicted molar refractivity (Wildman–Crippen MR) is 228 cm³/mol. The molecule has 0 fully saturated rings. The number of azide groups is 1. The Balaban J connectivity index is 1.03. The monoisotopic (exact) mass is 867 g/mol. The van der Waals surface area contributed by atoms with Gasteiger partial charge >= 0.3 is 0 Å². The SMILES string of the molecule is CCOCc1nc2c(N)nc3ccccc3c2n1CC(C)(C)OCCOCCOCCOCCOCCOCCOCCOCCOCCOCCOCCOCCN=[N+]=[N-]. The van der Waals surface area contributed by atoms with Crippen LogP contribution in [0.2, 0.25) is 0 Å². The molecule has 0 aliphatic heterocycles. The molecule has 0 spiro atoms. The Bertz CT molecular complexity index is 1600. The molecule has 0 atom stereocenters. The highest BCUT2D eigenvalue weighted by atomic mass is 16.6. The number of benzene rings is 1. The first-order valence-corrected chi connectivity index (χ1v) is 21.1. The number of aromatic nitrogens is 3. The van der Waals surface area contributed by atoms with Gasteiger partial charge in [-0.15, -0.1) is 0 Å². The summed E-state index contributed by atoms with van der Waals surface area (Å²) in [7, 11) is 0. The Morgan fingerprint density at radius 1 is 0.590 bits per heavy atom. The number of anilines is 1. The fraction of sp³-hybridized carbons (Fsp3) is 0.756. The maximum absolute atomic E-state index is 8.16. The Labute approximate surface area is 359 Å². The van der Waals surface area contributed by atoms with Crippen molar-refractivity contribution < 1.29 is 61.6 Å². The van der Waals surface area contributed by atoms with Crippen LogP contribution in [0.4, 0.5) is 5.82 Å². The molecule has 61 heavy (non-hydrogen) atoms. The van der Waals surface area contributed by atoms with E-state index in [0.717, 1.165) is 22.2 Å². The minimum absolute atomic E-state index is 0.322. The van der Waals surface area contributed by atoms with E-state index >= 15 is 0 Å². The van der Waals surface area contributed by atoms with Crippen molar-refractivity contribution in [3.63, 3.8) is 0 Å². The molecule has 2 heterocycles. The lowest BCUT2D eigenvalue weighted by Gasteiger charge is -2.27. The average molecular weight is 868 g/mol. The van der Waals surface area contributed by atoms with Gasteiger partial charge in [0.05, 0.1) is 175 Å². The van der Waals surface area contributed by atoms with E-state index in [4.69, 9.17) is 77.8 Å². The van der Waals surface area contributed by atoms with Crippen molar-refractivity contribution in [2.24, 2.45) is 5.11 Å². The minimum Gasteiger partial charge on any atom is -0.382 e. The summed E-state index contributed by atoms with van der Waals surface area (Å²) in [6.45, 7) is 18.7. The first-order chi connectivity index (χ1) is 30.0. The summed E-state index contributed by atoms with van der Waals surface area (Å²) in [4.78, 5) is 12.0. The third kappa shape index (κ3) is 23.6. The molecule has 20 heteroatoms. The lowest BCUT2D eigenvalue weighted by atomic mass is 10.1. The summed E-state index contributed by atoms with van der Waals surface area (Å²) in [5.74, 6) is 1.18. The molecule has 1 aromatic carbocycles. The number of nitrogens with zero attached hydrogens (tertiary/aromatic N) is 6. The highest BCUT2D eigenvalue weighted by molar-refractivity contribution is 6.06. The standard InChI is InChI=1S/C41H69N7O13/c1-4-49-33-37-46-38-39(35-7-5-6-8-36(35)45-40(38)42)48(37)34-41(2,3)61-32-31-60-30-29-59-28-27-58-26-25-57-24-23-56-22-21-55-20-19-54-18-17-53-16-15-52-14-13-51-12-11-50-10-9-44-47-43/h5-8H,4,9-34H2,1-3H3,(H2,42,45). The molecule has 0 aliphatic carbocycles.